The summed E-state index contributed by atoms with van der Waals surface area (Å²) in [5, 5.41) is 0. The largest absolute Gasteiger partial charge is 0.497 e. The highest BCUT2D eigenvalue weighted by Gasteiger charge is 2.38. The second-order valence-corrected chi connectivity index (χ2v) is 5.28. The van der Waals surface area contributed by atoms with Crippen molar-refractivity contribution in [1.29, 1.82) is 0 Å². The molecule has 0 amide bonds. The molecule has 0 heterocycles. The zero-order valence-electron chi connectivity index (χ0n) is 12.6. The third kappa shape index (κ3) is 3.85. The normalized spacial score (nSPS) is 24.6. The Bertz CT molecular complexity index is 480. The lowest BCUT2D eigenvalue weighted by atomic mass is 9.97. The molecule has 1 saturated carbocycles. The van der Waals surface area contributed by atoms with Gasteiger partial charge in [0.25, 0.3) is 0 Å². The van der Waals surface area contributed by atoms with Crippen molar-refractivity contribution < 1.29 is 19.0 Å². The SMILES string of the molecule is C=C[C@@H]1C[C@H](OCc2ccc(OC)cc2)C[C@@H]1C(=O)OC. The molecule has 0 unspecified atom stereocenters. The molecule has 0 saturated heterocycles. The van der Waals surface area contributed by atoms with Crippen LogP contribution in [0.3, 0.4) is 0 Å². The lowest BCUT2D eigenvalue weighted by Gasteiger charge is -2.12. The molecule has 2 rings (SSSR count). The molecule has 1 fully saturated rings. The number of methoxy groups -OCH3 is 2. The van der Waals surface area contributed by atoms with Gasteiger partial charge < -0.3 is 14.2 Å². The van der Waals surface area contributed by atoms with E-state index in [1.807, 2.05) is 30.3 Å². The van der Waals surface area contributed by atoms with Gasteiger partial charge in [0, 0.05) is 0 Å². The highest BCUT2D eigenvalue weighted by molar-refractivity contribution is 5.73. The molecule has 114 valence electrons. The molecule has 0 bridgehead atoms. The van der Waals surface area contributed by atoms with Gasteiger partial charge in [0.1, 0.15) is 5.75 Å². The summed E-state index contributed by atoms with van der Waals surface area (Å²) in [6.07, 6.45) is 3.41. The summed E-state index contributed by atoms with van der Waals surface area (Å²) in [6.45, 7) is 4.34. The van der Waals surface area contributed by atoms with Crippen LogP contribution in [0, 0.1) is 11.8 Å². The first kappa shape index (κ1) is 15.6. The summed E-state index contributed by atoms with van der Waals surface area (Å²) in [4.78, 5) is 11.7. The molecule has 21 heavy (non-hydrogen) atoms. The van der Waals surface area contributed by atoms with Gasteiger partial charge in [-0.05, 0) is 36.5 Å². The molecule has 0 N–H and O–H groups in total. The summed E-state index contributed by atoms with van der Waals surface area (Å²) in [7, 11) is 3.07. The third-order valence-electron chi connectivity index (χ3n) is 4.02. The Hall–Kier alpha value is -1.81. The molecule has 1 aliphatic carbocycles. The van der Waals surface area contributed by atoms with Crippen molar-refractivity contribution >= 4 is 5.97 Å². The highest BCUT2D eigenvalue weighted by atomic mass is 16.5. The molecule has 1 aliphatic rings. The van der Waals surface area contributed by atoms with Crippen LogP contribution in [0.5, 0.6) is 5.75 Å². The summed E-state index contributed by atoms with van der Waals surface area (Å²) < 4.78 is 15.9. The number of esters is 1. The van der Waals surface area contributed by atoms with Gasteiger partial charge in [-0.15, -0.1) is 6.58 Å². The number of hydrogen-bond acceptors (Lipinski definition) is 4. The van der Waals surface area contributed by atoms with Crippen molar-refractivity contribution in [3.05, 3.63) is 42.5 Å². The van der Waals surface area contributed by atoms with Crippen LogP contribution >= 0.6 is 0 Å². The van der Waals surface area contributed by atoms with Crippen LogP contribution < -0.4 is 4.74 Å². The third-order valence-corrected chi connectivity index (χ3v) is 4.02. The zero-order chi connectivity index (χ0) is 15.2. The Kier molecular flexibility index (Phi) is 5.39. The van der Waals surface area contributed by atoms with Crippen LogP contribution in [0.25, 0.3) is 0 Å². The molecule has 4 nitrogen and oxygen atoms in total. The number of allylic oxidation sites excluding steroid dienone is 1. The Balaban J connectivity index is 1.88. The molecule has 1 aromatic carbocycles. The van der Waals surface area contributed by atoms with Crippen LogP contribution in [-0.2, 0) is 20.9 Å². The standard InChI is InChI=1S/C17H22O4/c1-4-13-9-15(10-16(13)17(18)20-3)21-11-12-5-7-14(19-2)8-6-12/h4-8,13,15-16H,1,9-11H2,2-3H3/t13-,15+,16+/m1/s1. The topological polar surface area (TPSA) is 44.8 Å². The van der Waals surface area contributed by atoms with E-state index in [2.05, 4.69) is 6.58 Å². The van der Waals surface area contributed by atoms with Gasteiger partial charge in [0.15, 0.2) is 0 Å². The van der Waals surface area contributed by atoms with Crippen LogP contribution in [-0.4, -0.2) is 26.3 Å². The van der Waals surface area contributed by atoms with Gasteiger partial charge >= 0.3 is 5.97 Å². The second kappa shape index (κ2) is 7.27. The average Bonchev–Trinajstić information content (AvgIpc) is 2.96. The van der Waals surface area contributed by atoms with Crippen molar-refractivity contribution in [3.63, 3.8) is 0 Å². The monoisotopic (exact) mass is 290 g/mol. The van der Waals surface area contributed by atoms with Crippen LogP contribution in [0.15, 0.2) is 36.9 Å². The first-order chi connectivity index (χ1) is 10.2. The minimum Gasteiger partial charge on any atom is -0.497 e. The second-order valence-electron chi connectivity index (χ2n) is 5.28. The van der Waals surface area contributed by atoms with Gasteiger partial charge in [0.2, 0.25) is 0 Å². The van der Waals surface area contributed by atoms with Crippen molar-refractivity contribution in [2.45, 2.75) is 25.6 Å². The van der Waals surface area contributed by atoms with Crippen molar-refractivity contribution in [2.24, 2.45) is 11.8 Å². The number of carbonyl (C=O) groups excluding carboxylic acids is 1. The van der Waals surface area contributed by atoms with E-state index in [1.165, 1.54) is 7.11 Å². The quantitative estimate of drug-likeness (QED) is 0.597. The zero-order valence-corrected chi connectivity index (χ0v) is 12.6. The first-order valence-electron chi connectivity index (χ1n) is 7.12. The maximum Gasteiger partial charge on any atom is 0.309 e. The fourth-order valence-corrected chi connectivity index (χ4v) is 2.78. The van der Waals surface area contributed by atoms with E-state index in [-0.39, 0.29) is 23.9 Å². The van der Waals surface area contributed by atoms with Gasteiger partial charge in [-0.2, -0.15) is 0 Å². The van der Waals surface area contributed by atoms with Crippen LogP contribution in [0.4, 0.5) is 0 Å². The van der Waals surface area contributed by atoms with E-state index in [0.717, 1.165) is 17.7 Å². The minimum absolute atomic E-state index is 0.0687. The number of benzene rings is 1. The Morgan fingerprint density at radius 2 is 2.00 bits per heavy atom. The highest BCUT2D eigenvalue weighted by Crippen LogP contribution is 2.35. The van der Waals surface area contributed by atoms with Crippen LogP contribution in [0.2, 0.25) is 0 Å². The Labute approximate surface area is 125 Å². The first-order valence-corrected chi connectivity index (χ1v) is 7.12. The van der Waals surface area contributed by atoms with Crippen molar-refractivity contribution in [3.8, 4) is 5.75 Å². The van der Waals surface area contributed by atoms with E-state index in [0.29, 0.717) is 13.0 Å². The molecule has 0 radical (unpaired) electrons. The summed E-state index contributed by atoms with van der Waals surface area (Å²) in [6, 6.07) is 7.79. The molecular formula is C17H22O4. The van der Waals surface area contributed by atoms with E-state index in [4.69, 9.17) is 14.2 Å². The fourth-order valence-electron chi connectivity index (χ4n) is 2.78. The lowest BCUT2D eigenvalue weighted by molar-refractivity contribution is -0.146. The van der Waals surface area contributed by atoms with Crippen LogP contribution in [0.1, 0.15) is 18.4 Å². The minimum atomic E-state index is -0.171. The number of carbonyl (C=O) groups is 1. The maximum atomic E-state index is 11.7. The smallest absolute Gasteiger partial charge is 0.309 e. The number of rotatable bonds is 6. The van der Waals surface area contributed by atoms with Crippen molar-refractivity contribution in [2.75, 3.05) is 14.2 Å². The number of hydrogen-bond donors (Lipinski definition) is 0. The van der Waals surface area contributed by atoms with E-state index < -0.39 is 0 Å². The van der Waals surface area contributed by atoms with Gasteiger partial charge in [-0.1, -0.05) is 18.2 Å². The molecular weight excluding hydrogens is 268 g/mol. The molecule has 3 atom stereocenters. The van der Waals surface area contributed by atoms with Crippen molar-refractivity contribution in [1.82, 2.24) is 0 Å². The van der Waals surface area contributed by atoms with Gasteiger partial charge in [0.05, 0.1) is 32.8 Å². The van der Waals surface area contributed by atoms with E-state index in [1.54, 1.807) is 7.11 Å². The maximum absolute atomic E-state index is 11.7. The molecule has 1 aromatic rings. The summed E-state index contributed by atoms with van der Waals surface area (Å²) in [5.74, 6) is 0.666. The van der Waals surface area contributed by atoms with Gasteiger partial charge in [-0.3, -0.25) is 4.79 Å². The summed E-state index contributed by atoms with van der Waals surface area (Å²) in [5.41, 5.74) is 1.09. The lowest BCUT2D eigenvalue weighted by Crippen LogP contribution is -2.19. The molecule has 0 aliphatic heterocycles. The predicted molar refractivity (Wildman–Crippen MR) is 80.0 cm³/mol. The molecule has 0 aromatic heterocycles. The Morgan fingerprint density at radius 3 is 2.57 bits per heavy atom. The average molecular weight is 290 g/mol. The molecule has 4 heteroatoms. The predicted octanol–water partition coefficient (Wildman–Crippen LogP) is 2.97. The number of ether oxygens (including phenoxy) is 3. The Morgan fingerprint density at radius 1 is 1.29 bits per heavy atom. The van der Waals surface area contributed by atoms with E-state index >= 15 is 0 Å². The fraction of sp³-hybridized carbons (Fsp3) is 0.471. The van der Waals surface area contributed by atoms with E-state index in [9.17, 15) is 4.79 Å². The summed E-state index contributed by atoms with van der Waals surface area (Å²) >= 11 is 0. The molecule has 0 spiro atoms. The van der Waals surface area contributed by atoms with Gasteiger partial charge in [-0.25, -0.2) is 0 Å².